The van der Waals surface area contributed by atoms with Crippen molar-refractivity contribution in [3.63, 3.8) is 0 Å². The van der Waals surface area contributed by atoms with Crippen molar-refractivity contribution >= 4 is 52.4 Å². The van der Waals surface area contributed by atoms with Gasteiger partial charge in [0.25, 0.3) is 40.5 Å². The second-order valence-electron chi connectivity index (χ2n) is 7.29. The lowest BCUT2D eigenvalue weighted by Gasteiger charge is -1.97. The van der Waals surface area contributed by atoms with Crippen LogP contribution in [-0.4, -0.2) is 97.0 Å². The van der Waals surface area contributed by atoms with Crippen molar-refractivity contribution in [2.45, 2.75) is 33.1 Å². The van der Waals surface area contributed by atoms with E-state index in [1.165, 1.54) is 19.9 Å². The maximum absolute atomic E-state index is 10.2. The monoisotopic (exact) mass is 646 g/mol. The summed E-state index contributed by atoms with van der Waals surface area (Å²) in [5.41, 5.74) is 0.449. The molecule has 0 fully saturated rings. The molecule has 20 heteroatoms. The van der Waals surface area contributed by atoms with Crippen LogP contribution in [0.4, 0.5) is 0 Å². The highest BCUT2D eigenvalue weighted by atomic mass is 32.2. The summed E-state index contributed by atoms with van der Waals surface area (Å²) in [6, 6.07) is 0. The van der Waals surface area contributed by atoms with Gasteiger partial charge in [0, 0.05) is 11.1 Å². The second-order valence-corrected chi connectivity index (χ2v) is 13.4. The highest BCUT2D eigenvalue weighted by Crippen LogP contribution is 2.03. The molecule has 0 unspecified atom stereocenters. The Morgan fingerprint density at radius 1 is 0.718 bits per heavy atom. The minimum absolute atomic E-state index is 0.0109. The molecule has 230 valence electrons. The molecule has 39 heavy (non-hydrogen) atoms. The van der Waals surface area contributed by atoms with E-state index in [1.54, 1.807) is 0 Å². The van der Waals surface area contributed by atoms with Crippen LogP contribution in [0, 0.1) is 0 Å². The number of carbonyl (C=O) groups is 2. The lowest BCUT2D eigenvalue weighted by Crippen LogP contribution is -2.06. The number of hydrogen-bond acceptors (Lipinski definition) is 10. The van der Waals surface area contributed by atoms with Crippen LogP contribution >= 0.6 is 0 Å². The van der Waals surface area contributed by atoms with Crippen LogP contribution in [0.5, 0.6) is 0 Å². The number of rotatable bonds is 13. The number of carboxylic acid groups (broad SMARTS) is 2. The summed E-state index contributed by atoms with van der Waals surface area (Å²) < 4.78 is 112. The van der Waals surface area contributed by atoms with E-state index >= 15 is 0 Å². The van der Waals surface area contributed by atoms with Crippen LogP contribution in [0.15, 0.2) is 48.6 Å². The zero-order valence-corrected chi connectivity index (χ0v) is 24.4. The fourth-order valence-electron chi connectivity index (χ4n) is 1.55. The van der Waals surface area contributed by atoms with E-state index in [-0.39, 0.29) is 41.9 Å². The Balaban J connectivity index is -0.000000215. The Labute approximate surface area is 228 Å². The van der Waals surface area contributed by atoms with E-state index in [1.807, 2.05) is 0 Å². The maximum atomic E-state index is 10.2. The molecule has 0 aliphatic heterocycles. The molecular weight excluding hydrogens is 612 g/mol. The molecule has 0 aromatic rings. The lowest BCUT2D eigenvalue weighted by molar-refractivity contribution is -0.133. The van der Waals surface area contributed by atoms with Gasteiger partial charge in [-0.2, -0.15) is 33.7 Å². The molecule has 0 amide bonds. The van der Waals surface area contributed by atoms with Crippen molar-refractivity contribution in [2.75, 3.05) is 23.0 Å². The van der Waals surface area contributed by atoms with Crippen LogP contribution in [-0.2, 0) is 50.1 Å². The number of carboxylic acids is 2. The van der Waals surface area contributed by atoms with E-state index in [2.05, 4.69) is 19.7 Å². The molecule has 0 atom stereocenters. The third-order valence-corrected chi connectivity index (χ3v) is 6.17. The van der Waals surface area contributed by atoms with Crippen molar-refractivity contribution in [2.24, 2.45) is 0 Å². The molecule has 0 aliphatic rings. The van der Waals surface area contributed by atoms with Gasteiger partial charge >= 0.3 is 11.9 Å². The molecule has 0 saturated heterocycles. The highest BCUT2D eigenvalue weighted by Gasteiger charge is 2.08. The van der Waals surface area contributed by atoms with Gasteiger partial charge < -0.3 is 10.2 Å². The van der Waals surface area contributed by atoms with E-state index in [9.17, 15) is 43.3 Å². The summed E-state index contributed by atoms with van der Waals surface area (Å²) in [5, 5.41) is 16.6. The predicted octanol–water partition coefficient (Wildman–Crippen LogP) is 1.10. The topological polar surface area (TPSA) is 292 Å². The normalized spacial score (nSPS) is 11.7. The first-order valence-electron chi connectivity index (χ1n) is 10.0. The van der Waals surface area contributed by atoms with Crippen molar-refractivity contribution in [1.82, 2.24) is 0 Å². The van der Waals surface area contributed by atoms with Gasteiger partial charge in [-0.25, -0.2) is 9.59 Å². The van der Waals surface area contributed by atoms with Crippen molar-refractivity contribution in [3.05, 3.63) is 48.6 Å². The third kappa shape index (κ3) is 49.1. The number of aliphatic carboxylic acids is 2. The fraction of sp³-hybridized carbons (Fsp3) is 0.474. The van der Waals surface area contributed by atoms with Crippen molar-refractivity contribution in [3.8, 4) is 0 Å². The zero-order valence-electron chi connectivity index (χ0n) is 21.1. The summed E-state index contributed by atoms with van der Waals surface area (Å²) in [7, 11) is -15.6. The fourth-order valence-corrected chi connectivity index (χ4v) is 3.39. The van der Waals surface area contributed by atoms with Gasteiger partial charge in [0.1, 0.15) is 0 Å². The largest absolute Gasteiger partial charge is 0.478 e. The van der Waals surface area contributed by atoms with Gasteiger partial charge in [0.15, 0.2) is 0 Å². The third-order valence-electron chi connectivity index (χ3n) is 3.10. The minimum Gasteiger partial charge on any atom is -0.478 e. The first kappa shape index (κ1) is 43.6. The molecule has 0 radical (unpaired) electrons. The molecular formula is C19H34O16S4. The van der Waals surface area contributed by atoms with Gasteiger partial charge in [-0.05, 0) is 33.1 Å². The van der Waals surface area contributed by atoms with Gasteiger partial charge in [0.2, 0.25) is 0 Å². The quantitative estimate of drug-likeness (QED) is 0.0927. The Bertz CT molecular complexity index is 1290. The van der Waals surface area contributed by atoms with Gasteiger partial charge in [-0.3, -0.25) is 18.2 Å². The molecule has 0 aliphatic carbocycles. The molecule has 0 rings (SSSR count). The molecule has 0 saturated carbocycles. The number of allylic oxidation sites excluding steroid dienone is 1. The molecule has 0 aromatic carbocycles. The molecule has 16 nitrogen and oxygen atoms in total. The van der Waals surface area contributed by atoms with Gasteiger partial charge in [0.05, 0.1) is 23.0 Å². The lowest BCUT2D eigenvalue weighted by atomic mass is 10.2. The summed E-state index contributed by atoms with van der Waals surface area (Å²) in [5.74, 6) is -3.83. The Kier molecular flexibility index (Phi) is 22.8. The van der Waals surface area contributed by atoms with Crippen LogP contribution < -0.4 is 0 Å². The van der Waals surface area contributed by atoms with E-state index < -0.39 is 63.9 Å². The van der Waals surface area contributed by atoms with Crippen LogP contribution in [0.25, 0.3) is 0 Å². The van der Waals surface area contributed by atoms with E-state index in [4.69, 9.17) is 28.4 Å². The summed E-state index contributed by atoms with van der Waals surface area (Å²) in [6.45, 7) is 12.5. The Morgan fingerprint density at radius 3 is 1.36 bits per heavy atom. The minimum atomic E-state index is -3.98. The van der Waals surface area contributed by atoms with E-state index in [0.717, 1.165) is 6.08 Å². The number of hydrogen-bond donors (Lipinski definition) is 6. The summed E-state index contributed by atoms with van der Waals surface area (Å²) in [6.07, 6.45) is 2.52. The second kappa shape index (κ2) is 20.4. The molecule has 0 aromatic heterocycles. The van der Waals surface area contributed by atoms with E-state index in [0.29, 0.717) is 5.57 Å². The molecule has 0 bridgehead atoms. The first-order chi connectivity index (χ1) is 17.1. The average Bonchev–Trinajstić information content (AvgIpc) is 2.64. The predicted molar refractivity (Wildman–Crippen MR) is 143 cm³/mol. The molecule has 6 N–H and O–H groups in total. The first-order valence-corrected chi connectivity index (χ1v) is 16.4. The highest BCUT2D eigenvalue weighted by molar-refractivity contribution is 7.86. The standard InChI is InChI=1S/2C6H10O5S.C4H8O3S.C3H6O3S/c2*1-5(6(7)8)3-2-4-12(9,10)11;1-4(2)3-8(5,6)7;1-2-3-7(4,5)6/h3H,2,4H2,1H3,(H,7,8)(H,9,10,11);1-4H2,(H,7,8)(H,9,10,11);1,3H2,2H3,(H,5,6,7);2H,1,3H2,(H,4,5,6). The smallest absolute Gasteiger partial charge is 0.330 e. The van der Waals surface area contributed by atoms with Crippen LogP contribution in [0.1, 0.15) is 33.1 Å². The Hall–Kier alpha value is -2.46. The molecule has 0 spiro atoms. The van der Waals surface area contributed by atoms with Crippen LogP contribution in [0.2, 0.25) is 0 Å². The average molecular weight is 647 g/mol. The van der Waals surface area contributed by atoms with Crippen molar-refractivity contribution in [1.29, 1.82) is 0 Å². The summed E-state index contributed by atoms with van der Waals surface area (Å²) >= 11 is 0. The SMILES string of the molecule is C=C(C)CS(=O)(=O)O.C=C(CCCS(=O)(=O)O)C(=O)O.C=CCS(=O)(=O)O.CC(=CCCS(=O)(=O)O)C(=O)O. The Morgan fingerprint density at radius 2 is 1.15 bits per heavy atom. The maximum Gasteiger partial charge on any atom is 0.330 e. The van der Waals surface area contributed by atoms with Crippen molar-refractivity contribution < 1.29 is 71.7 Å². The zero-order chi connectivity index (χ0) is 32.3. The molecule has 0 heterocycles. The van der Waals surface area contributed by atoms with Gasteiger partial charge in [-0.1, -0.05) is 30.9 Å². The van der Waals surface area contributed by atoms with Crippen LogP contribution in [0.3, 0.4) is 0 Å². The summed E-state index contributed by atoms with van der Waals surface area (Å²) in [4.78, 5) is 20.3. The van der Waals surface area contributed by atoms with Gasteiger partial charge in [-0.15, -0.1) is 6.58 Å².